The van der Waals surface area contributed by atoms with Gasteiger partial charge in [-0.2, -0.15) is 13.2 Å². The van der Waals surface area contributed by atoms with Crippen molar-refractivity contribution >= 4 is 23.7 Å². The number of benzene rings is 1. The lowest BCUT2D eigenvalue weighted by Gasteiger charge is -2.18. The van der Waals surface area contributed by atoms with E-state index < -0.39 is 42.2 Å². The number of anilines is 1. The molecule has 0 bridgehead atoms. The first-order chi connectivity index (χ1) is 11.7. The van der Waals surface area contributed by atoms with E-state index in [0.29, 0.717) is 0 Å². The Kier molecular flexibility index (Phi) is 7.22. The van der Waals surface area contributed by atoms with Gasteiger partial charge >= 0.3 is 18.2 Å². The molecular formula is C15H17F3N2O5. The maximum atomic E-state index is 12.5. The van der Waals surface area contributed by atoms with E-state index in [2.05, 4.69) is 10.1 Å². The number of methoxy groups -OCH3 is 1. The maximum absolute atomic E-state index is 12.5. The second-order valence-corrected chi connectivity index (χ2v) is 4.77. The van der Waals surface area contributed by atoms with Gasteiger partial charge in [0.2, 0.25) is 5.91 Å². The molecule has 0 fully saturated rings. The number of hydrogen-bond donors (Lipinski definition) is 2. The first-order valence-corrected chi connectivity index (χ1v) is 7.15. The van der Waals surface area contributed by atoms with Crippen LogP contribution in [0.1, 0.15) is 18.9 Å². The summed E-state index contributed by atoms with van der Waals surface area (Å²) >= 11 is 0. The van der Waals surface area contributed by atoms with Crippen molar-refractivity contribution in [3.05, 3.63) is 29.8 Å². The van der Waals surface area contributed by atoms with Gasteiger partial charge in [0.05, 0.1) is 25.7 Å². The molecule has 25 heavy (non-hydrogen) atoms. The van der Waals surface area contributed by atoms with Crippen LogP contribution in [-0.4, -0.2) is 37.7 Å². The van der Waals surface area contributed by atoms with Crippen LogP contribution in [0.5, 0.6) is 0 Å². The highest BCUT2D eigenvalue weighted by Gasteiger charge is 2.30. The molecule has 0 aliphatic carbocycles. The molecule has 0 saturated carbocycles. The van der Waals surface area contributed by atoms with Crippen LogP contribution in [0.4, 0.5) is 23.7 Å². The predicted molar refractivity (Wildman–Crippen MR) is 80.7 cm³/mol. The van der Waals surface area contributed by atoms with Crippen molar-refractivity contribution in [3.63, 3.8) is 0 Å². The SMILES string of the molecule is CCOC(=O)[C@@H](CC(=O)NC(=O)OC)Nc1ccc(C(F)(F)F)cc1. The van der Waals surface area contributed by atoms with Crippen molar-refractivity contribution in [1.29, 1.82) is 0 Å². The zero-order valence-corrected chi connectivity index (χ0v) is 13.5. The number of ether oxygens (including phenoxy) is 2. The number of hydrogen-bond acceptors (Lipinski definition) is 6. The normalized spacial score (nSPS) is 12.0. The molecule has 0 unspecified atom stereocenters. The standard InChI is InChI=1S/C15H17F3N2O5/c1-3-25-13(22)11(8-12(21)20-14(23)24-2)19-10-6-4-9(5-7-10)15(16,17)18/h4-7,11,19H,3,8H2,1-2H3,(H,20,21,23)/t11-/m1/s1. The molecule has 0 heterocycles. The third kappa shape index (κ3) is 6.69. The van der Waals surface area contributed by atoms with Crippen molar-refractivity contribution in [2.24, 2.45) is 0 Å². The third-order valence-corrected chi connectivity index (χ3v) is 2.94. The van der Waals surface area contributed by atoms with Crippen LogP contribution >= 0.6 is 0 Å². The van der Waals surface area contributed by atoms with Gasteiger partial charge in [-0.25, -0.2) is 9.59 Å². The predicted octanol–water partition coefficient (Wildman–Crippen LogP) is 2.32. The number of amides is 2. The lowest BCUT2D eigenvalue weighted by molar-refractivity contribution is -0.145. The summed E-state index contributed by atoms with van der Waals surface area (Å²) in [5, 5.41) is 4.48. The molecule has 1 aromatic carbocycles. The van der Waals surface area contributed by atoms with Crippen LogP contribution in [0.3, 0.4) is 0 Å². The highest BCUT2D eigenvalue weighted by molar-refractivity contribution is 5.95. The summed E-state index contributed by atoms with van der Waals surface area (Å²) in [6, 6.07) is 2.71. The van der Waals surface area contributed by atoms with Crippen molar-refractivity contribution in [1.82, 2.24) is 5.32 Å². The van der Waals surface area contributed by atoms with Crippen LogP contribution in [0.25, 0.3) is 0 Å². The number of halogens is 3. The topological polar surface area (TPSA) is 93.7 Å². The van der Waals surface area contributed by atoms with Gasteiger partial charge in [0, 0.05) is 5.69 Å². The van der Waals surface area contributed by atoms with Gasteiger partial charge < -0.3 is 14.8 Å². The van der Waals surface area contributed by atoms with Gasteiger partial charge in [-0.15, -0.1) is 0 Å². The quantitative estimate of drug-likeness (QED) is 0.755. The Balaban J connectivity index is 2.84. The molecule has 0 aliphatic rings. The first kappa shape index (κ1) is 20.3. The average molecular weight is 362 g/mol. The van der Waals surface area contributed by atoms with Crippen LogP contribution < -0.4 is 10.6 Å². The Hall–Kier alpha value is -2.78. The van der Waals surface area contributed by atoms with E-state index in [1.165, 1.54) is 0 Å². The van der Waals surface area contributed by atoms with Gasteiger partial charge in [-0.3, -0.25) is 10.1 Å². The largest absolute Gasteiger partial charge is 0.464 e. The van der Waals surface area contributed by atoms with E-state index in [9.17, 15) is 27.6 Å². The molecule has 0 saturated heterocycles. The molecule has 2 N–H and O–H groups in total. The molecule has 2 amide bonds. The Morgan fingerprint density at radius 2 is 1.76 bits per heavy atom. The van der Waals surface area contributed by atoms with Crippen molar-refractivity contribution in [3.8, 4) is 0 Å². The molecule has 0 radical (unpaired) electrons. The Bertz CT molecular complexity index is 617. The third-order valence-electron chi connectivity index (χ3n) is 2.94. The zero-order chi connectivity index (χ0) is 19.0. The van der Waals surface area contributed by atoms with Crippen LogP contribution in [-0.2, 0) is 25.2 Å². The molecule has 1 aromatic rings. The van der Waals surface area contributed by atoms with Crippen LogP contribution in [0, 0.1) is 0 Å². The monoisotopic (exact) mass is 362 g/mol. The Labute approximate surface area is 141 Å². The van der Waals surface area contributed by atoms with Crippen LogP contribution in [0.15, 0.2) is 24.3 Å². The van der Waals surface area contributed by atoms with E-state index in [1.807, 2.05) is 5.32 Å². The van der Waals surface area contributed by atoms with Gasteiger partial charge in [0.1, 0.15) is 6.04 Å². The molecule has 0 aromatic heterocycles. The van der Waals surface area contributed by atoms with Crippen molar-refractivity contribution in [2.45, 2.75) is 25.6 Å². The molecular weight excluding hydrogens is 345 g/mol. The minimum absolute atomic E-state index is 0.0443. The minimum atomic E-state index is -4.49. The minimum Gasteiger partial charge on any atom is -0.464 e. The molecule has 138 valence electrons. The Morgan fingerprint density at radius 3 is 2.24 bits per heavy atom. The fraction of sp³-hybridized carbons (Fsp3) is 0.400. The lowest BCUT2D eigenvalue weighted by atomic mass is 10.1. The summed E-state index contributed by atoms with van der Waals surface area (Å²) in [5.74, 6) is -1.60. The summed E-state index contributed by atoms with van der Waals surface area (Å²) in [7, 11) is 1.06. The number of imide groups is 1. The summed E-state index contributed by atoms with van der Waals surface area (Å²) in [4.78, 5) is 34.6. The number of carbonyl (C=O) groups is 3. The van der Waals surface area contributed by atoms with E-state index in [-0.39, 0.29) is 12.3 Å². The number of alkyl halides is 3. The molecule has 1 atom stereocenters. The van der Waals surface area contributed by atoms with Crippen molar-refractivity contribution in [2.75, 3.05) is 19.0 Å². The summed E-state index contributed by atoms with van der Waals surface area (Å²) in [6.45, 7) is 1.60. The summed E-state index contributed by atoms with van der Waals surface area (Å²) in [6.07, 6.45) is -5.96. The number of rotatable bonds is 6. The molecule has 0 aliphatic heterocycles. The number of nitrogens with one attached hydrogen (secondary N) is 2. The van der Waals surface area contributed by atoms with Gasteiger partial charge in [0.15, 0.2) is 0 Å². The van der Waals surface area contributed by atoms with E-state index in [0.717, 1.165) is 31.4 Å². The molecule has 10 heteroatoms. The van der Waals surface area contributed by atoms with E-state index >= 15 is 0 Å². The smallest absolute Gasteiger partial charge is 0.416 e. The van der Waals surface area contributed by atoms with Gasteiger partial charge in [-0.1, -0.05) is 0 Å². The van der Waals surface area contributed by atoms with Gasteiger partial charge in [0.25, 0.3) is 0 Å². The average Bonchev–Trinajstić information content (AvgIpc) is 2.53. The lowest BCUT2D eigenvalue weighted by Crippen LogP contribution is -2.39. The fourth-order valence-electron chi connectivity index (χ4n) is 1.79. The molecule has 0 spiro atoms. The number of alkyl carbamates (subject to hydrolysis) is 1. The second kappa shape index (κ2) is 8.90. The Morgan fingerprint density at radius 1 is 1.16 bits per heavy atom. The maximum Gasteiger partial charge on any atom is 0.416 e. The highest BCUT2D eigenvalue weighted by Crippen LogP contribution is 2.30. The number of esters is 1. The molecule has 1 rings (SSSR count). The number of carbonyl (C=O) groups excluding carboxylic acids is 3. The van der Waals surface area contributed by atoms with E-state index in [1.54, 1.807) is 6.92 Å². The highest BCUT2D eigenvalue weighted by atomic mass is 19.4. The summed E-state index contributed by atoms with van der Waals surface area (Å²) < 4.78 is 46.7. The van der Waals surface area contributed by atoms with Gasteiger partial charge in [-0.05, 0) is 31.2 Å². The fourth-order valence-corrected chi connectivity index (χ4v) is 1.79. The van der Waals surface area contributed by atoms with Crippen LogP contribution in [0.2, 0.25) is 0 Å². The summed E-state index contributed by atoms with van der Waals surface area (Å²) in [5.41, 5.74) is -0.675. The first-order valence-electron chi connectivity index (χ1n) is 7.15. The molecule has 7 nitrogen and oxygen atoms in total. The van der Waals surface area contributed by atoms with Crippen molar-refractivity contribution < 1.29 is 37.0 Å². The van der Waals surface area contributed by atoms with E-state index in [4.69, 9.17) is 4.74 Å². The zero-order valence-electron chi connectivity index (χ0n) is 13.5. The second-order valence-electron chi connectivity index (χ2n) is 4.77.